The highest BCUT2D eigenvalue weighted by atomic mass is 35.5. The monoisotopic (exact) mass is 226 g/mol. The number of halogens is 1. The van der Waals surface area contributed by atoms with E-state index in [2.05, 4.69) is 17.0 Å². The Hall–Kier alpha value is -0.570. The predicted octanol–water partition coefficient (Wildman–Crippen LogP) is 2.16. The highest BCUT2D eigenvalue weighted by Gasteiger charge is 2.04. The number of nitrogens with two attached hydrogens (primary N) is 1. The van der Waals surface area contributed by atoms with E-state index in [1.165, 1.54) is 5.56 Å². The quantitative estimate of drug-likeness (QED) is 0.834. The second-order valence-corrected chi connectivity index (χ2v) is 4.62. The van der Waals surface area contributed by atoms with Crippen LogP contribution in [0.4, 0.5) is 0 Å². The Morgan fingerprint density at radius 3 is 2.40 bits per heavy atom. The predicted molar refractivity (Wildman–Crippen MR) is 66.3 cm³/mol. The lowest BCUT2D eigenvalue weighted by Gasteiger charge is -2.16. The van der Waals surface area contributed by atoms with Gasteiger partial charge in [-0.1, -0.05) is 23.7 Å². The van der Waals surface area contributed by atoms with E-state index in [9.17, 15) is 0 Å². The van der Waals surface area contributed by atoms with Crippen LogP contribution in [-0.2, 0) is 6.42 Å². The molecule has 84 valence electrons. The summed E-state index contributed by atoms with van der Waals surface area (Å²) >= 11 is 5.81. The second-order valence-electron chi connectivity index (χ2n) is 4.19. The molecule has 1 aromatic carbocycles. The van der Waals surface area contributed by atoms with E-state index in [1.54, 1.807) is 0 Å². The fraction of sp³-hybridized carbons (Fsp3) is 0.500. The minimum atomic E-state index is 0.246. The average Bonchev–Trinajstić information content (AvgIpc) is 2.16. The minimum absolute atomic E-state index is 0.246. The number of rotatable bonds is 5. The van der Waals surface area contributed by atoms with Gasteiger partial charge in [0.15, 0.2) is 0 Å². The van der Waals surface area contributed by atoms with Crippen LogP contribution in [0.2, 0.25) is 5.02 Å². The smallest absolute Gasteiger partial charge is 0.0406 e. The molecule has 0 aromatic heterocycles. The zero-order valence-corrected chi connectivity index (χ0v) is 10.2. The van der Waals surface area contributed by atoms with Crippen LogP contribution in [0.25, 0.3) is 0 Å². The summed E-state index contributed by atoms with van der Waals surface area (Å²) in [4.78, 5) is 2.12. The standard InChI is InChI=1S/C12H19ClN2/c1-15(2)9-12(14)8-5-10-3-6-11(13)7-4-10/h3-4,6-7,12H,5,8-9,14H2,1-2H3. The fourth-order valence-electron chi connectivity index (χ4n) is 1.56. The van der Waals surface area contributed by atoms with E-state index in [0.29, 0.717) is 0 Å². The van der Waals surface area contributed by atoms with Crippen molar-refractivity contribution >= 4 is 11.6 Å². The van der Waals surface area contributed by atoms with Gasteiger partial charge in [-0.3, -0.25) is 0 Å². The van der Waals surface area contributed by atoms with Crippen molar-refractivity contribution in [1.29, 1.82) is 0 Å². The molecule has 1 rings (SSSR count). The Balaban J connectivity index is 2.33. The first kappa shape index (κ1) is 12.5. The topological polar surface area (TPSA) is 29.3 Å². The molecule has 0 aliphatic rings. The van der Waals surface area contributed by atoms with E-state index >= 15 is 0 Å². The molecule has 1 aromatic rings. The van der Waals surface area contributed by atoms with Crippen LogP contribution in [0.3, 0.4) is 0 Å². The van der Waals surface area contributed by atoms with Crippen LogP contribution in [0, 0.1) is 0 Å². The summed E-state index contributed by atoms with van der Waals surface area (Å²) in [5, 5.41) is 0.788. The van der Waals surface area contributed by atoms with E-state index in [0.717, 1.165) is 24.4 Å². The molecule has 15 heavy (non-hydrogen) atoms. The van der Waals surface area contributed by atoms with Crippen molar-refractivity contribution < 1.29 is 0 Å². The Morgan fingerprint density at radius 2 is 1.87 bits per heavy atom. The lowest BCUT2D eigenvalue weighted by molar-refractivity contribution is 0.363. The lowest BCUT2D eigenvalue weighted by Crippen LogP contribution is -2.33. The normalized spacial score (nSPS) is 13.1. The molecule has 0 aliphatic carbocycles. The maximum atomic E-state index is 5.98. The summed E-state index contributed by atoms with van der Waals surface area (Å²) in [6, 6.07) is 8.22. The second kappa shape index (κ2) is 6.11. The first-order chi connectivity index (χ1) is 7.08. The van der Waals surface area contributed by atoms with Crippen molar-refractivity contribution in [1.82, 2.24) is 4.90 Å². The third kappa shape index (κ3) is 5.17. The van der Waals surface area contributed by atoms with Crippen molar-refractivity contribution in [2.75, 3.05) is 20.6 Å². The van der Waals surface area contributed by atoms with Crippen LogP contribution < -0.4 is 5.73 Å². The lowest BCUT2D eigenvalue weighted by atomic mass is 10.1. The Morgan fingerprint density at radius 1 is 1.27 bits per heavy atom. The van der Waals surface area contributed by atoms with Gasteiger partial charge in [-0.15, -0.1) is 0 Å². The molecule has 2 N–H and O–H groups in total. The van der Waals surface area contributed by atoms with Crippen LogP contribution in [-0.4, -0.2) is 31.6 Å². The highest BCUT2D eigenvalue weighted by Crippen LogP contribution is 2.11. The first-order valence-corrected chi connectivity index (χ1v) is 5.60. The van der Waals surface area contributed by atoms with Gasteiger partial charge in [0, 0.05) is 17.6 Å². The van der Waals surface area contributed by atoms with Crippen molar-refractivity contribution in [2.24, 2.45) is 5.73 Å². The Kier molecular flexibility index (Phi) is 5.09. The average molecular weight is 227 g/mol. The Labute approximate surface area is 97.0 Å². The van der Waals surface area contributed by atoms with Crippen molar-refractivity contribution in [3.05, 3.63) is 34.9 Å². The third-order valence-corrected chi connectivity index (χ3v) is 2.57. The van der Waals surface area contributed by atoms with Gasteiger partial charge in [0.1, 0.15) is 0 Å². The number of likely N-dealkylation sites (N-methyl/N-ethyl adjacent to an activating group) is 1. The third-order valence-electron chi connectivity index (χ3n) is 2.32. The number of aryl methyl sites for hydroxylation is 1. The van der Waals surface area contributed by atoms with Crippen LogP contribution in [0.15, 0.2) is 24.3 Å². The summed E-state index contributed by atoms with van der Waals surface area (Å²) in [6.07, 6.45) is 2.03. The van der Waals surface area contributed by atoms with Gasteiger partial charge in [0.25, 0.3) is 0 Å². The highest BCUT2D eigenvalue weighted by molar-refractivity contribution is 6.30. The molecular weight excluding hydrogens is 208 g/mol. The number of hydrogen-bond donors (Lipinski definition) is 1. The summed E-state index contributed by atoms with van der Waals surface area (Å²) in [7, 11) is 4.09. The van der Waals surface area contributed by atoms with Gasteiger partial charge in [-0.25, -0.2) is 0 Å². The van der Waals surface area contributed by atoms with Gasteiger partial charge in [0.2, 0.25) is 0 Å². The molecule has 1 atom stereocenters. The van der Waals surface area contributed by atoms with Gasteiger partial charge in [-0.2, -0.15) is 0 Å². The van der Waals surface area contributed by atoms with E-state index in [1.807, 2.05) is 26.2 Å². The van der Waals surface area contributed by atoms with Gasteiger partial charge < -0.3 is 10.6 Å². The fourth-order valence-corrected chi connectivity index (χ4v) is 1.69. The molecule has 0 radical (unpaired) electrons. The molecular formula is C12H19ClN2. The Bertz CT molecular complexity index is 282. The molecule has 0 amide bonds. The molecule has 0 aliphatic heterocycles. The number of hydrogen-bond acceptors (Lipinski definition) is 2. The maximum absolute atomic E-state index is 5.98. The van der Waals surface area contributed by atoms with E-state index in [-0.39, 0.29) is 6.04 Å². The van der Waals surface area contributed by atoms with Crippen LogP contribution in [0.5, 0.6) is 0 Å². The molecule has 0 saturated heterocycles. The first-order valence-electron chi connectivity index (χ1n) is 5.22. The number of nitrogens with zero attached hydrogens (tertiary/aromatic N) is 1. The number of benzene rings is 1. The molecule has 0 heterocycles. The van der Waals surface area contributed by atoms with Gasteiger partial charge in [0.05, 0.1) is 0 Å². The van der Waals surface area contributed by atoms with Crippen LogP contribution in [0.1, 0.15) is 12.0 Å². The zero-order chi connectivity index (χ0) is 11.3. The molecule has 0 fully saturated rings. The van der Waals surface area contributed by atoms with Crippen molar-refractivity contribution in [2.45, 2.75) is 18.9 Å². The van der Waals surface area contributed by atoms with Crippen molar-refractivity contribution in [3.63, 3.8) is 0 Å². The molecule has 0 bridgehead atoms. The summed E-state index contributed by atoms with van der Waals surface area (Å²) in [5.41, 5.74) is 7.28. The zero-order valence-electron chi connectivity index (χ0n) is 9.41. The SMILES string of the molecule is CN(C)CC(N)CCc1ccc(Cl)cc1. The van der Waals surface area contributed by atoms with Crippen LogP contribution >= 0.6 is 11.6 Å². The largest absolute Gasteiger partial charge is 0.327 e. The summed E-state index contributed by atoms with van der Waals surface area (Å²) < 4.78 is 0. The van der Waals surface area contributed by atoms with E-state index < -0.39 is 0 Å². The molecule has 0 saturated carbocycles. The van der Waals surface area contributed by atoms with Gasteiger partial charge in [-0.05, 0) is 44.6 Å². The molecule has 2 nitrogen and oxygen atoms in total. The molecule has 1 unspecified atom stereocenters. The minimum Gasteiger partial charge on any atom is -0.327 e. The van der Waals surface area contributed by atoms with Gasteiger partial charge >= 0.3 is 0 Å². The molecule has 3 heteroatoms. The van der Waals surface area contributed by atoms with Crippen molar-refractivity contribution in [3.8, 4) is 0 Å². The summed E-state index contributed by atoms with van der Waals surface area (Å²) in [6.45, 7) is 0.938. The molecule has 0 spiro atoms. The van der Waals surface area contributed by atoms with E-state index in [4.69, 9.17) is 17.3 Å². The summed E-state index contributed by atoms with van der Waals surface area (Å²) in [5.74, 6) is 0. The maximum Gasteiger partial charge on any atom is 0.0406 e.